The molecule has 72 valence electrons. The molecule has 5 nitrogen and oxygen atoms in total. The van der Waals surface area contributed by atoms with Crippen molar-refractivity contribution in [2.75, 3.05) is 20.8 Å². The summed E-state index contributed by atoms with van der Waals surface area (Å²) in [6.45, 7) is 0.229. The van der Waals surface area contributed by atoms with E-state index in [2.05, 4.69) is 0 Å². The number of hydrogen-bond donors (Lipinski definition) is 2. The molecule has 0 radical (unpaired) electrons. The van der Waals surface area contributed by atoms with E-state index in [0.29, 0.717) is 0 Å². The standard InChI is InChI=1S/C7H14O5/c1-10-4-3-12-7(9)5(8)6(4)11-2/h4-9H,3H2,1-2H3. The monoisotopic (exact) mass is 178 g/mol. The van der Waals surface area contributed by atoms with Gasteiger partial charge >= 0.3 is 0 Å². The fourth-order valence-electron chi connectivity index (χ4n) is 1.26. The zero-order valence-electron chi connectivity index (χ0n) is 7.14. The Kier molecular flexibility index (Phi) is 3.42. The van der Waals surface area contributed by atoms with Crippen molar-refractivity contribution in [3.8, 4) is 0 Å². The minimum atomic E-state index is -1.18. The van der Waals surface area contributed by atoms with Gasteiger partial charge in [-0.1, -0.05) is 0 Å². The van der Waals surface area contributed by atoms with E-state index in [1.54, 1.807) is 0 Å². The topological polar surface area (TPSA) is 68.2 Å². The zero-order valence-corrected chi connectivity index (χ0v) is 7.14. The Labute approximate surface area is 70.9 Å². The fraction of sp³-hybridized carbons (Fsp3) is 1.00. The van der Waals surface area contributed by atoms with E-state index in [0.717, 1.165) is 0 Å². The van der Waals surface area contributed by atoms with Crippen molar-refractivity contribution in [1.82, 2.24) is 0 Å². The summed E-state index contributed by atoms with van der Waals surface area (Å²) in [6.07, 6.45) is -3.08. The van der Waals surface area contributed by atoms with E-state index in [4.69, 9.17) is 19.3 Å². The summed E-state index contributed by atoms with van der Waals surface area (Å²) >= 11 is 0. The average Bonchev–Trinajstić information content (AvgIpc) is 2.09. The smallest absolute Gasteiger partial charge is 0.183 e. The lowest BCUT2D eigenvalue weighted by molar-refractivity contribution is -0.261. The molecule has 12 heavy (non-hydrogen) atoms. The van der Waals surface area contributed by atoms with Gasteiger partial charge in [0.15, 0.2) is 6.29 Å². The molecule has 0 amide bonds. The number of rotatable bonds is 2. The van der Waals surface area contributed by atoms with Crippen LogP contribution in [0.1, 0.15) is 0 Å². The first-order chi connectivity index (χ1) is 5.70. The highest BCUT2D eigenvalue weighted by Gasteiger charge is 2.38. The second kappa shape index (κ2) is 4.15. The van der Waals surface area contributed by atoms with Crippen molar-refractivity contribution in [3.05, 3.63) is 0 Å². The van der Waals surface area contributed by atoms with Crippen LogP contribution >= 0.6 is 0 Å². The van der Waals surface area contributed by atoms with E-state index < -0.39 is 18.5 Å². The predicted molar refractivity (Wildman–Crippen MR) is 39.6 cm³/mol. The Hall–Kier alpha value is -0.200. The van der Waals surface area contributed by atoms with Gasteiger partial charge in [-0.05, 0) is 0 Å². The summed E-state index contributed by atoms with van der Waals surface area (Å²) in [4.78, 5) is 0. The molecule has 4 atom stereocenters. The first kappa shape index (κ1) is 9.88. The summed E-state index contributed by atoms with van der Waals surface area (Å²) < 4.78 is 14.8. The van der Waals surface area contributed by atoms with E-state index in [1.807, 2.05) is 0 Å². The molecule has 0 aromatic heterocycles. The van der Waals surface area contributed by atoms with Crippen molar-refractivity contribution in [3.63, 3.8) is 0 Å². The van der Waals surface area contributed by atoms with Crippen LogP contribution in [0.5, 0.6) is 0 Å². The van der Waals surface area contributed by atoms with Gasteiger partial charge in [0.05, 0.1) is 6.61 Å². The second-order valence-electron chi connectivity index (χ2n) is 2.69. The van der Waals surface area contributed by atoms with Crippen LogP contribution in [0.4, 0.5) is 0 Å². The van der Waals surface area contributed by atoms with Gasteiger partial charge in [0.1, 0.15) is 18.3 Å². The lowest BCUT2D eigenvalue weighted by Crippen LogP contribution is -2.54. The molecule has 1 heterocycles. The van der Waals surface area contributed by atoms with Crippen molar-refractivity contribution >= 4 is 0 Å². The maximum absolute atomic E-state index is 9.36. The highest BCUT2D eigenvalue weighted by Crippen LogP contribution is 2.17. The number of aliphatic hydroxyl groups is 2. The molecular weight excluding hydrogens is 164 g/mol. The SMILES string of the molecule is COC1COC(O)C(O)C1OC. The maximum atomic E-state index is 9.36. The van der Waals surface area contributed by atoms with Crippen LogP contribution in [-0.2, 0) is 14.2 Å². The van der Waals surface area contributed by atoms with E-state index in [9.17, 15) is 5.11 Å². The van der Waals surface area contributed by atoms with E-state index >= 15 is 0 Å². The molecule has 5 heteroatoms. The summed E-state index contributed by atoms with van der Waals surface area (Å²) in [5.74, 6) is 0. The van der Waals surface area contributed by atoms with Crippen LogP contribution < -0.4 is 0 Å². The maximum Gasteiger partial charge on any atom is 0.183 e. The Morgan fingerprint density at radius 1 is 1.25 bits per heavy atom. The lowest BCUT2D eigenvalue weighted by atomic mass is 10.1. The minimum absolute atomic E-state index is 0.229. The van der Waals surface area contributed by atoms with Crippen LogP contribution in [0.15, 0.2) is 0 Å². The predicted octanol–water partition coefficient (Wildman–Crippen LogP) is -1.27. The van der Waals surface area contributed by atoms with Gasteiger partial charge < -0.3 is 24.4 Å². The van der Waals surface area contributed by atoms with Gasteiger partial charge in [-0.15, -0.1) is 0 Å². The third-order valence-electron chi connectivity index (χ3n) is 2.00. The molecule has 0 saturated carbocycles. The van der Waals surface area contributed by atoms with Crippen LogP contribution in [0.3, 0.4) is 0 Å². The van der Waals surface area contributed by atoms with Gasteiger partial charge in [0, 0.05) is 14.2 Å². The average molecular weight is 178 g/mol. The molecule has 1 aliphatic rings. The van der Waals surface area contributed by atoms with Gasteiger partial charge in [-0.2, -0.15) is 0 Å². The third-order valence-corrected chi connectivity index (χ3v) is 2.00. The van der Waals surface area contributed by atoms with Crippen molar-refractivity contribution in [1.29, 1.82) is 0 Å². The first-order valence-electron chi connectivity index (χ1n) is 3.74. The van der Waals surface area contributed by atoms with Crippen molar-refractivity contribution in [2.45, 2.75) is 24.6 Å². The molecule has 0 bridgehead atoms. The number of methoxy groups -OCH3 is 2. The van der Waals surface area contributed by atoms with Crippen LogP contribution in [0, 0.1) is 0 Å². The van der Waals surface area contributed by atoms with Crippen molar-refractivity contribution < 1.29 is 24.4 Å². The van der Waals surface area contributed by atoms with Gasteiger partial charge in [0.2, 0.25) is 0 Å². The largest absolute Gasteiger partial charge is 0.385 e. The first-order valence-corrected chi connectivity index (χ1v) is 3.74. The number of hydrogen-bond acceptors (Lipinski definition) is 5. The Morgan fingerprint density at radius 3 is 2.42 bits per heavy atom. The number of ether oxygens (including phenoxy) is 3. The lowest BCUT2D eigenvalue weighted by Gasteiger charge is -2.36. The number of aliphatic hydroxyl groups excluding tert-OH is 2. The summed E-state index contributed by atoms with van der Waals surface area (Å²) in [7, 11) is 2.96. The van der Waals surface area contributed by atoms with Crippen LogP contribution in [-0.4, -0.2) is 55.6 Å². The fourth-order valence-corrected chi connectivity index (χ4v) is 1.26. The van der Waals surface area contributed by atoms with Crippen molar-refractivity contribution in [2.24, 2.45) is 0 Å². The second-order valence-corrected chi connectivity index (χ2v) is 2.69. The molecule has 2 N–H and O–H groups in total. The Balaban J connectivity index is 2.58. The molecule has 0 aromatic carbocycles. The minimum Gasteiger partial charge on any atom is -0.385 e. The van der Waals surface area contributed by atoms with Gasteiger partial charge in [-0.3, -0.25) is 0 Å². The molecule has 1 rings (SSSR count). The van der Waals surface area contributed by atoms with Gasteiger partial charge in [-0.25, -0.2) is 0 Å². The Bertz CT molecular complexity index is 138. The van der Waals surface area contributed by atoms with E-state index in [1.165, 1.54) is 14.2 Å². The molecule has 0 spiro atoms. The molecule has 0 aromatic rings. The summed E-state index contributed by atoms with van der Waals surface area (Å²) in [5.41, 5.74) is 0. The molecule has 1 fully saturated rings. The summed E-state index contributed by atoms with van der Waals surface area (Å²) in [5, 5.41) is 18.4. The highest BCUT2D eigenvalue weighted by molar-refractivity contribution is 4.83. The van der Waals surface area contributed by atoms with Crippen LogP contribution in [0.25, 0.3) is 0 Å². The quantitative estimate of drug-likeness (QED) is 0.551. The zero-order chi connectivity index (χ0) is 9.14. The molecule has 1 aliphatic heterocycles. The van der Waals surface area contributed by atoms with Crippen LogP contribution in [0.2, 0.25) is 0 Å². The molecular formula is C7H14O5. The van der Waals surface area contributed by atoms with E-state index in [-0.39, 0.29) is 12.7 Å². The Morgan fingerprint density at radius 2 is 1.92 bits per heavy atom. The highest BCUT2D eigenvalue weighted by atomic mass is 16.6. The molecule has 1 saturated heterocycles. The van der Waals surface area contributed by atoms with Gasteiger partial charge in [0.25, 0.3) is 0 Å². The molecule has 0 aliphatic carbocycles. The molecule has 4 unspecified atom stereocenters. The summed E-state index contributed by atoms with van der Waals surface area (Å²) in [6, 6.07) is 0. The normalized spacial score (nSPS) is 43.0. The third kappa shape index (κ3) is 1.75.